The van der Waals surface area contributed by atoms with Gasteiger partial charge in [0.2, 0.25) is 0 Å². The van der Waals surface area contributed by atoms with Gasteiger partial charge in [-0.1, -0.05) is 54.6 Å². The average molecular weight is 373 g/mol. The zero-order chi connectivity index (χ0) is 18.0. The van der Waals surface area contributed by atoms with Crippen LogP contribution in [-0.2, 0) is 16.4 Å². The van der Waals surface area contributed by atoms with E-state index in [-0.39, 0.29) is 0 Å². The highest BCUT2D eigenvalue weighted by atomic mass is 32.2. The molecular formula is C21H28N2O2S+2. The Balaban J connectivity index is 1.31. The van der Waals surface area contributed by atoms with Gasteiger partial charge in [0.1, 0.15) is 44.5 Å². The summed E-state index contributed by atoms with van der Waals surface area (Å²) >= 11 is 0. The predicted molar refractivity (Wildman–Crippen MR) is 104 cm³/mol. The fourth-order valence-electron chi connectivity index (χ4n) is 4.36. The third-order valence-electron chi connectivity index (χ3n) is 5.92. The molecule has 0 saturated carbocycles. The van der Waals surface area contributed by atoms with E-state index in [0.29, 0.717) is 17.5 Å². The van der Waals surface area contributed by atoms with Crippen molar-refractivity contribution >= 4 is 9.84 Å². The van der Waals surface area contributed by atoms with Crippen molar-refractivity contribution in [3.05, 3.63) is 60.2 Å². The molecule has 2 aromatic carbocycles. The van der Waals surface area contributed by atoms with Crippen LogP contribution in [0.25, 0.3) is 11.1 Å². The highest BCUT2D eigenvalue weighted by Gasteiger charge is 2.37. The number of rotatable bonds is 4. The van der Waals surface area contributed by atoms with Crippen LogP contribution in [0.3, 0.4) is 0 Å². The van der Waals surface area contributed by atoms with E-state index in [2.05, 4.69) is 48.5 Å². The number of nitrogens with one attached hydrogen (secondary N) is 2. The molecule has 5 heteroatoms. The molecule has 138 valence electrons. The molecule has 2 fully saturated rings. The molecule has 0 amide bonds. The summed E-state index contributed by atoms with van der Waals surface area (Å²) in [6.07, 6.45) is 0.855. The fourth-order valence-corrected chi connectivity index (χ4v) is 6.19. The summed E-state index contributed by atoms with van der Waals surface area (Å²) in [6, 6.07) is 19.8. The van der Waals surface area contributed by atoms with Crippen LogP contribution in [0.1, 0.15) is 12.0 Å². The van der Waals surface area contributed by atoms with Crippen molar-refractivity contribution in [3.8, 4) is 11.1 Å². The first-order valence-corrected chi connectivity index (χ1v) is 11.4. The summed E-state index contributed by atoms with van der Waals surface area (Å²) in [7, 11) is -2.76. The minimum atomic E-state index is -2.76. The lowest BCUT2D eigenvalue weighted by Gasteiger charge is -2.32. The van der Waals surface area contributed by atoms with Crippen molar-refractivity contribution in [1.82, 2.24) is 0 Å². The zero-order valence-corrected chi connectivity index (χ0v) is 16.0. The predicted octanol–water partition coefficient (Wildman–Crippen LogP) is -0.176. The van der Waals surface area contributed by atoms with Gasteiger partial charge in [-0.15, -0.1) is 0 Å². The first-order chi connectivity index (χ1) is 12.6. The van der Waals surface area contributed by atoms with E-state index in [0.717, 1.165) is 39.1 Å². The molecule has 2 heterocycles. The quantitative estimate of drug-likeness (QED) is 0.782. The molecule has 0 spiro atoms. The van der Waals surface area contributed by atoms with Crippen molar-refractivity contribution in [2.75, 3.05) is 37.7 Å². The topological polar surface area (TPSA) is 43.0 Å². The van der Waals surface area contributed by atoms with Crippen molar-refractivity contribution in [3.63, 3.8) is 0 Å². The molecule has 1 atom stereocenters. The Morgan fingerprint density at radius 1 is 0.846 bits per heavy atom. The minimum Gasteiger partial charge on any atom is -0.322 e. The maximum Gasteiger partial charge on any atom is 0.156 e. The van der Waals surface area contributed by atoms with Gasteiger partial charge in [0, 0.05) is 12.0 Å². The lowest BCUT2D eigenvalue weighted by Crippen LogP contribution is -3.29. The fraction of sp³-hybridized carbons (Fsp3) is 0.429. The van der Waals surface area contributed by atoms with Crippen molar-refractivity contribution in [2.24, 2.45) is 0 Å². The van der Waals surface area contributed by atoms with E-state index in [1.54, 1.807) is 4.90 Å². The summed E-state index contributed by atoms with van der Waals surface area (Å²) in [5, 5.41) is 0. The lowest BCUT2D eigenvalue weighted by molar-refractivity contribution is -1.03. The van der Waals surface area contributed by atoms with Gasteiger partial charge in [-0.2, -0.15) is 0 Å². The number of sulfone groups is 1. The van der Waals surface area contributed by atoms with Crippen LogP contribution < -0.4 is 9.80 Å². The molecule has 4 nitrogen and oxygen atoms in total. The van der Waals surface area contributed by atoms with E-state index in [4.69, 9.17) is 0 Å². The van der Waals surface area contributed by atoms with Gasteiger partial charge >= 0.3 is 0 Å². The Morgan fingerprint density at radius 2 is 1.50 bits per heavy atom. The molecule has 2 saturated heterocycles. The summed E-state index contributed by atoms with van der Waals surface area (Å²) in [5.41, 5.74) is 3.91. The summed E-state index contributed by atoms with van der Waals surface area (Å²) in [4.78, 5) is 3.12. The normalized spacial score (nSPS) is 28.1. The molecule has 0 radical (unpaired) electrons. The number of quaternary nitrogens is 2. The molecule has 26 heavy (non-hydrogen) atoms. The molecular weight excluding hydrogens is 344 g/mol. The van der Waals surface area contributed by atoms with Gasteiger partial charge in [0.25, 0.3) is 0 Å². The number of benzene rings is 2. The van der Waals surface area contributed by atoms with Crippen LogP contribution in [-0.4, -0.2) is 52.1 Å². The Kier molecular flexibility index (Phi) is 5.11. The molecule has 2 N–H and O–H groups in total. The first-order valence-electron chi connectivity index (χ1n) is 9.62. The molecule has 2 aliphatic rings. The molecule has 0 aromatic heterocycles. The molecule has 2 aliphatic heterocycles. The second-order valence-corrected chi connectivity index (χ2v) is 9.98. The Morgan fingerprint density at radius 3 is 2.12 bits per heavy atom. The first kappa shape index (κ1) is 17.7. The van der Waals surface area contributed by atoms with Crippen LogP contribution in [0, 0.1) is 0 Å². The summed E-state index contributed by atoms with van der Waals surface area (Å²) in [5.74, 6) is 0.796. The van der Waals surface area contributed by atoms with Crippen molar-refractivity contribution in [2.45, 2.75) is 19.0 Å². The van der Waals surface area contributed by atoms with Gasteiger partial charge in [0.15, 0.2) is 9.84 Å². The van der Waals surface area contributed by atoms with Gasteiger partial charge in [-0.05, 0) is 11.1 Å². The second-order valence-electron chi connectivity index (χ2n) is 7.75. The maximum atomic E-state index is 11.7. The largest absolute Gasteiger partial charge is 0.322 e. The highest BCUT2D eigenvalue weighted by molar-refractivity contribution is 7.91. The average Bonchev–Trinajstić information content (AvgIpc) is 3.04. The zero-order valence-electron chi connectivity index (χ0n) is 15.2. The van der Waals surface area contributed by atoms with Crippen LogP contribution in [0.4, 0.5) is 0 Å². The number of hydrogen-bond donors (Lipinski definition) is 2. The van der Waals surface area contributed by atoms with Crippen molar-refractivity contribution < 1.29 is 18.2 Å². The van der Waals surface area contributed by atoms with Crippen molar-refractivity contribution in [1.29, 1.82) is 0 Å². The number of piperazine rings is 1. The SMILES string of the molecule is O=S1(=O)CC[C@@H]([NH+]2CC[NH+](Cc3ccc(-c4ccccc4)cc3)CC2)C1. The Bertz CT molecular complexity index is 826. The monoisotopic (exact) mass is 372 g/mol. The maximum absolute atomic E-state index is 11.7. The molecule has 0 unspecified atom stereocenters. The highest BCUT2D eigenvalue weighted by Crippen LogP contribution is 2.18. The van der Waals surface area contributed by atoms with E-state index < -0.39 is 9.84 Å². The smallest absolute Gasteiger partial charge is 0.156 e. The third kappa shape index (κ3) is 4.17. The van der Waals surface area contributed by atoms with Crippen LogP contribution in [0.15, 0.2) is 54.6 Å². The molecule has 0 bridgehead atoms. The lowest BCUT2D eigenvalue weighted by atomic mass is 10.0. The minimum absolute atomic E-state index is 0.340. The van der Waals surface area contributed by atoms with Crippen LogP contribution >= 0.6 is 0 Å². The summed E-state index contributed by atoms with van der Waals surface area (Å²) < 4.78 is 23.4. The van der Waals surface area contributed by atoms with Gasteiger partial charge in [0.05, 0.1) is 5.75 Å². The molecule has 0 aliphatic carbocycles. The van der Waals surface area contributed by atoms with E-state index in [1.807, 2.05) is 6.07 Å². The Hall–Kier alpha value is -1.69. The van der Waals surface area contributed by atoms with E-state index >= 15 is 0 Å². The van der Waals surface area contributed by atoms with E-state index in [9.17, 15) is 8.42 Å². The second kappa shape index (κ2) is 7.51. The van der Waals surface area contributed by atoms with E-state index in [1.165, 1.54) is 21.6 Å². The Labute approximate surface area is 156 Å². The number of hydrogen-bond acceptors (Lipinski definition) is 2. The van der Waals surface area contributed by atoms with Gasteiger partial charge in [-0.25, -0.2) is 8.42 Å². The van der Waals surface area contributed by atoms with Gasteiger partial charge < -0.3 is 9.80 Å². The standard InChI is InChI=1S/C21H26N2O2S/c24-26(25)15-10-21(17-26)23-13-11-22(12-14-23)16-18-6-8-20(9-7-18)19-4-2-1-3-5-19/h1-9,21H,10-17H2/p+2/t21-/m1/s1. The van der Waals surface area contributed by atoms with Gasteiger partial charge in [-0.3, -0.25) is 0 Å². The van der Waals surface area contributed by atoms with Crippen LogP contribution in [0.2, 0.25) is 0 Å². The summed E-state index contributed by atoms with van der Waals surface area (Å²) in [6.45, 7) is 5.51. The van der Waals surface area contributed by atoms with Crippen LogP contribution in [0.5, 0.6) is 0 Å². The third-order valence-corrected chi connectivity index (χ3v) is 7.69. The molecule has 2 aromatic rings. The molecule has 4 rings (SSSR count).